The van der Waals surface area contributed by atoms with Crippen molar-refractivity contribution in [1.29, 1.82) is 0 Å². The van der Waals surface area contributed by atoms with E-state index < -0.39 is 0 Å². The third kappa shape index (κ3) is 4.39. The van der Waals surface area contributed by atoms with Crippen molar-refractivity contribution in [2.45, 2.75) is 25.4 Å². The van der Waals surface area contributed by atoms with E-state index in [1.54, 1.807) is 7.11 Å². The number of hydrogen-bond acceptors (Lipinski definition) is 3. The summed E-state index contributed by atoms with van der Waals surface area (Å²) in [6.07, 6.45) is 2.30. The molecule has 122 valence electrons. The predicted molar refractivity (Wildman–Crippen MR) is 93.2 cm³/mol. The molecule has 0 bridgehead atoms. The maximum atomic E-state index is 12.2. The SMILES string of the molecule is COc1ccc(C(NC(=O)NCc2ccc(Cl)s2)C2CC2)cc1. The summed E-state index contributed by atoms with van der Waals surface area (Å²) in [6, 6.07) is 11.5. The van der Waals surface area contributed by atoms with Gasteiger partial charge in [0.1, 0.15) is 5.75 Å². The Bertz CT molecular complexity index is 667. The smallest absolute Gasteiger partial charge is 0.315 e. The molecule has 0 radical (unpaired) electrons. The molecule has 2 N–H and O–H groups in total. The molecular formula is C17H19ClN2O2S. The summed E-state index contributed by atoms with van der Waals surface area (Å²) in [5, 5.41) is 5.99. The molecular weight excluding hydrogens is 332 g/mol. The molecule has 2 aromatic rings. The van der Waals surface area contributed by atoms with E-state index in [1.807, 2.05) is 36.4 Å². The highest BCUT2D eigenvalue weighted by Crippen LogP contribution is 2.41. The third-order valence-corrected chi connectivity index (χ3v) is 5.14. The van der Waals surface area contributed by atoms with Gasteiger partial charge in [-0.15, -0.1) is 11.3 Å². The van der Waals surface area contributed by atoms with Crippen molar-refractivity contribution in [1.82, 2.24) is 10.6 Å². The number of hydrogen-bond donors (Lipinski definition) is 2. The normalized spacial score (nSPS) is 15.0. The van der Waals surface area contributed by atoms with Gasteiger partial charge in [0.25, 0.3) is 0 Å². The fourth-order valence-corrected chi connectivity index (χ4v) is 3.55. The van der Waals surface area contributed by atoms with Crippen molar-refractivity contribution < 1.29 is 9.53 Å². The first kappa shape index (κ1) is 16.1. The Hall–Kier alpha value is -1.72. The van der Waals surface area contributed by atoms with Crippen LogP contribution < -0.4 is 15.4 Å². The molecule has 0 saturated heterocycles. The van der Waals surface area contributed by atoms with Crippen molar-refractivity contribution in [3.8, 4) is 5.75 Å². The highest BCUT2D eigenvalue weighted by atomic mass is 35.5. The fourth-order valence-electron chi connectivity index (χ4n) is 2.52. The van der Waals surface area contributed by atoms with E-state index in [0.29, 0.717) is 12.5 Å². The monoisotopic (exact) mass is 350 g/mol. The summed E-state index contributed by atoms with van der Waals surface area (Å²) in [7, 11) is 1.65. The Kier molecular flexibility index (Phi) is 5.08. The van der Waals surface area contributed by atoms with Gasteiger partial charge in [-0.25, -0.2) is 4.79 Å². The van der Waals surface area contributed by atoms with Crippen LogP contribution in [0, 0.1) is 5.92 Å². The molecule has 23 heavy (non-hydrogen) atoms. The van der Waals surface area contributed by atoms with Crippen LogP contribution in [0.1, 0.15) is 29.3 Å². The average molecular weight is 351 g/mol. The van der Waals surface area contributed by atoms with E-state index in [0.717, 1.165) is 33.4 Å². The predicted octanol–water partition coefficient (Wildman–Crippen LogP) is 4.36. The average Bonchev–Trinajstić information content (AvgIpc) is 3.32. The van der Waals surface area contributed by atoms with Gasteiger partial charge < -0.3 is 15.4 Å². The summed E-state index contributed by atoms with van der Waals surface area (Å²) in [6.45, 7) is 0.489. The molecule has 2 amide bonds. The van der Waals surface area contributed by atoms with Crippen LogP contribution in [-0.2, 0) is 6.54 Å². The molecule has 1 aliphatic carbocycles. The molecule has 1 atom stereocenters. The number of rotatable bonds is 6. The number of carbonyl (C=O) groups excluding carboxylic acids is 1. The second kappa shape index (κ2) is 7.23. The minimum Gasteiger partial charge on any atom is -0.497 e. The van der Waals surface area contributed by atoms with Crippen molar-refractivity contribution in [2.24, 2.45) is 5.92 Å². The number of amides is 2. The number of benzene rings is 1. The van der Waals surface area contributed by atoms with Crippen LogP contribution >= 0.6 is 22.9 Å². The summed E-state index contributed by atoms with van der Waals surface area (Å²) in [5.41, 5.74) is 1.11. The van der Waals surface area contributed by atoms with Crippen LogP contribution in [0.4, 0.5) is 4.79 Å². The van der Waals surface area contributed by atoms with Crippen LogP contribution in [0.5, 0.6) is 5.75 Å². The van der Waals surface area contributed by atoms with Crippen molar-refractivity contribution in [3.05, 3.63) is 51.2 Å². The second-order valence-corrected chi connectivity index (χ2v) is 7.42. The first-order chi connectivity index (χ1) is 11.2. The van der Waals surface area contributed by atoms with E-state index in [-0.39, 0.29) is 12.1 Å². The molecule has 1 aromatic heterocycles. The molecule has 1 aliphatic rings. The van der Waals surface area contributed by atoms with Gasteiger partial charge in [0.15, 0.2) is 0 Å². The number of methoxy groups -OCH3 is 1. The van der Waals surface area contributed by atoms with Crippen molar-refractivity contribution >= 4 is 29.0 Å². The topological polar surface area (TPSA) is 50.4 Å². The molecule has 4 nitrogen and oxygen atoms in total. The quantitative estimate of drug-likeness (QED) is 0.813. The lowest BCUT2D eigenvalue weighted by molar-refractivity contribution is 0.235. The molecule has 1 fully saturated rings. The van der Waals surface area contributed by atoms with E-state index >= 15 is 0 Å². The van der Waals surface area contributed by atoms with Crippen LogP contribution in [-0.4, -0.2) is 13.1 Å². The van der Waals surface area contributed by atoms with Gasteiger partial charge in [-0.1, -0.05) is 23.7 Å². The number of urea groups is 1. The standard InChI is InChI=1S/C17H19ClN2O2S/c1-22-13-6-4-12(5-7-13)16(11-2-3-11)20-17(21)19-10-14-8-9-15(18)23-14/h4-9,11,16H,2-3,10H2,1H3,(H2,19,20,21). The second-order valence-electron chi connectivity index (χ2n) is 5.62. The van der Waals surface area contributed by atoms with Gasteiger partial charge in [0.2, 0.25) is 0 Å². The minimum atomic E-state index is -0.151. The van der Waals surface area contributed by atoms with Crippen LogP contribution in [0.15, 0.2) is 36.4 Å². The summed E-state index contributed by atoms with van der Waals surface area (Å²) in [4.78, 5) is 13.2. The van der Waals surface area contributed by atoms with Gasteiger partial charge in [0.05, 0.1) is 24.0 Å². The maximum absolute atomic E-state index is 12.2. The molecule has 1 unspecified atom stereocenters. The molecule has 1 aromatic carbocycles. The summed E-state index contributed by atoms with van der Waals surface area (Å²) in [5.74, 6) is 1.34. The lowest BCUT2D eigenvalue weighted by Gasteiger charge is -2.19. The zero-order valence-corrected chi connectivity index (χ0v) is 14.4. The van der Waals surface area contributed by atoms with E-state index in [2.05, 4.69) is 10.6 Å². The Morgan fingerprint density at radius 3 is 2.61 bits per heavy atom. The fraction of sp³-hybridized carbons (Fsp3) is 0.353. The van der Waals surface area contributed by atoms with Crippen molar-refractivity contribution in [2.75, 3.05) is 7.11 Å². The number of nitrogens with one attached hydrogen (secondary N) is 2. The number of ether oxygens (including phenoxy) is 1. The van der Waals surface area contributed by atoms with Crippen LogP contribution in [0.2, 0.25) is 4.34 Å². The largest absolute Gasteiger partial charge is 0.497 e. The number of thiophene rings is 1. The summed E-state index contributed by atoms with van der Waals surface area (Å²) >= 11 is 7.37. The first-order valence-corrected chi connectivity index (χ1v) is 8.77. The Morgan fingerprint density at radius 2 is 2.04 bits per heavy atom. The van der Waals surface area contributed by atoms with Gasteiger partial charge in [-0.3, -0.25) is 0 Å². The van der Waals surface area contributed by atoms with E-state index in [4.69, 9.17) is 16.3 Å². The van der Waals surface area contributed by atoms with Gasteiger partial charge in [0, 0.05) is 4.88 Å². The Morgan fingerprint density at radius 1 is 1.30 bits per heavy atom. The maximum Gasteiger partial charge on any atom is 0.315 e. The molecule has 3 rings (SSSR count). The number of halogens is 1. The Balaban J connectivity index is 1.59. The molecule has 0 aliphatic heterocycles. The van der Waals surface area contributed by atoms with Gasteiger partial charge in [-0.05, 0) is 48.6 Å². The molecule has 1 saturated carbocycles. The highest BCUT2D eigenvalue weighted by Gasteiger charge is 2.33. The molecule has 6 heteroatoms. The van der Waals surface area contributed by atoms with Crippen molar-refractivity contribution in [3.63, 3.8) is 0 Å². The highest BCUT2D eigenvalue weighted by molar-refractivity contribution is 7.16. The van der Waals surface area contributed by atoms with Crippen LogP contribution in [0.25, 0.3) is 0 Å². The first-order valence-electron chi connectivity index (χ1n) is 7.58. The lowest BCUT2D eigenvalue weighted by Crippen LogP contribution is -2.38. The zero-order chi connectivity index (χ0) is 16.2. The lowest BCUT2D eigenvalue weighted by atomic mass is 10.0. The number of carbonyl (C=O) groups is 1. The molecule has 0 spiro atoms. The third-order valence-electron chi connectivity index (χ3n) is 3.91. The van der Waals surface area contributed by atoms with Gasteiger partial charge in [-0.2, -0.15) is 0 Å². The molecule has 1 heterocycles. The summed E-state index contributed by atoms with van der Waals surface area (Å²) < 4.78 is 5.92. The van der Waals surface area contributed by atoms with E-state index in [1.165, 1.54) is 11.3 Å². The van der Waals surface area contributed by atoms with Crippen LogP contribution in [0.3, 0.4) is 0 Å². The Labute approximate surface area is 144 Å². The van der Waals surface area contributed by atoms with Gasteiger partial charge >= 0.3 is 6.03 Å². The minimum absolute atomic E-state index is 0.0489. The zero-order valence-electron chi connectivity index (χ0n) is 12.8. The van der Waals surface area contributed by atoms with E-state index in [9.17, 15) is 4.79 Å².